The highest BCUT2D eigenvalue weighted by Crippen LogP contribution is 2.26. The van der Waals surface area contributed by atoms with E-state index in [1.54, 1.807) is 24.3 Å². The Morgan fingerprint density at radius 3 is 2.72 bits per heavy atom. The summed E-state index contributed by atoms with van der Waals surface area (Å²) in [5.41, 5.74) is 1.77. The first-order valence-electron chi connectivity index (χ1n) is 8.02. The molecule has 3 rings (SSSR count). The van der Waals surface area contributed by atoms with Crippen molar-refractivity contribution in [1.29, 1.82) is 5.26 Å². The highest BCUT2D eigenvalue weighted by atomic mass is 16.3. The number of nitrogens with zero attached hydrogens (tertiary/aromatic N) is 2. The highest BCUT2D eigenvalue weighted by Gasteiger charge is 2.20. The van der Waals surface area contributed by atoms with E-state index in [-0.39, 0.29) is 11.9 Å². The van der Waals surface area contributed by atoms with Gasteiger partial charge in [-0.2, -0.15) is 5.26 Å². The van der Waals surface area contributed by atoms with Crippen molar-refractivity contribution in [2.75, 3.05) is 20.6 Å². The van der Waals surface area contributed by atoms with Crippen molar-refractivity contribution in [2.45, 2.75) is 6.04 Å². The van der Waals surface area contributed by atoms with Crippen LogP contribution in [0.5, 0.6) is 0 Å². The number of rotatable bonds is 5. The Balaban J connectivity index is 1.76. The van der Waals surface area contributed by atoms with Crippen LogP contribution in [-0.4, -0.2) is 31.4 Å². The van der Waals surface area contributed by atoms with Crippen LogP contribution in [-0.2, 0) is 0 Å². The number of fused-ring (bicyclic) bond motifs is 1. The van der Waals surface area contributed by atoms with E-state index in [1.807, 2.05) is 55.4 Å². The molecule has 0 radical (unpaired) electrons. The van der Waals surface area contributed by atoms with E-state index in [9.17, 15) is 4.79 Å². The third-order valence-electron chi connectivity index (χ3n) is 4.11. The number of furan rings is 1. The van der Waals surface area contributed by atoms with E-state index >= 15 is 0 Å². The maximum absolute atomic E-state index is 12.4. The maximum atomic E-state index is 12.4. The minimum Gasteiger partial charge on any atom is -0.459 e. The molecule has 1 unspecified atom stereocenters. The van der Waals surface area contributed by atoms with Crippen LogP contribution in [0.25, 0.3) is 11.0 Å². The predicted molar refractivity (Wildman–Crippen MR) is 96.1 cm³/mol. The van der Waals surface area contributed by atoms with E-state index in [0.717, 1.165) is 16.7 Å². The van der Waals surface area contributed by atoms with Crippen molar-refractivity contribution in [3.05, 3.63) is 71.5 Å². The number of nitrogens with one attached hydrogen (secondary N) is 1. The summed E-state index contributed by atoms with van der Waals surface area (Å²) in [6.07, 6.45) is 0. The number of hydrogen-bond donors (Lipinski definition) is 1. The fourth-order valence-electron chi connectivity index (χ4n) is 2.73. The quantitative estimate of drug-likeness (QED) is 0.777. The summed E-state index contributed by atoms with van der Waals surface area (Å²) in [5, 5.41) is 12.9. The molecule has 0 spiro atoms. The summed E-state index contributed by atoms with van der Waals surface area (Å²) < 4.78 is 5.93. The molecular formula is C20H19N3O2. The molecule has 2 aromatic carbocycles. The van der Waals surface area contributed by atoms with Crippen LogP contribution in [0.3, 0.4) is 0 Å². The molecule has 3 aromatic rings. The van der Waals surface area contributed by atoms with Gasteiger partial charge < -0.3 is 9.73 Å². The van der Waals surface area contributed by atoms with Gasteiger partial charge in [0.25, 0.3) is 5.91 Å². The summed E-state index contributed by atoms with van der Waals surface area (Å²) >= 11 is 0. The third-order valence-corrected chi connectivity index (χ3v) is 4.11. The Bertz CT molecular complexity index is 904. The molecule has 0 bridgehead atoms. The molecule has 25 heavy (non-hydrogen) atoms. The van der Waals surface area contributed by atoms with E-state index in [0.29, 0.717) is 17.7 Å². The lowest BCUT2D eigenvalue weighted by molar-refractivity contribution is 0.0939. The van der Waals surface area contributed by atoms with Crippen molar-refractivity contribution in [2.24, 2.45) is 0 Å². The van der Waals surface area contributed by atoms with Gasteiger partial charge >= 0.3 is 0 Å². The maximum Gasteiger partial charge on any atom is 0.251 e. The summed E-state index contributed by atoms with van der Waals surface area (Å²) in [5.74, 6) is 0.595. The molecule has 1 N–H and O–H groups in total. The van der Waals surface area contributed by atoms with Gasteiger partial charge in [-0.25, -0.2) is 0 Å². The SMILES string of the molecule is CN(C)C(CNC(=O)c1cccc(C#N)c1)c1cc2ccccc2o1. The molecule has 5 nitrogen and oxygen atoms in total. The molecule has 0 saturated carbocycles. The minimum atomic E-state index is -0.208. The molecule has 1 heterocycles. The Morgan fingerprint density at radius 2 is 2.00 bits per heavy atom. The zero-order valence-electron chi connectivity index (χ0n) is 14.2. The minimum absolute atomic E-state index is 0.0875. The average Bonchev–Trinajstić information content (AvgIpc) is 3.05. The van der Waals surface area contributed by atoms with E-state index in [4.69, 9.17) is 9.68 Å². The Kier molecular flexibility index (Phi) is 4.82. The van der Waals surface area contributed by atoms with Gasteiger partial charge in [-0.15, -0.1) is 0 Å². The first-order chi connectivity index (χ1) is 12.1. The fourth-order valence-corrected chi connectivity index (χ4v) is 2.73. The molecule has 0 saturated heterocycles. The molecule has 5 heteroatoms. The molecule has 0 aliphatic carbocycles. The van der Waals surface area contributed by atoms with Gasteiger partial charge in [-0.3, -0.25) is 9.69 Å². The number of nitriles is 1. The number of amides is 1. The first-order valence-corrected chi connectivity index (χ1v) is 8.02. The average molecular weight is 333 g/mol. The van der Waals surface area contributed by atoms with Crippen molar-refractivity contribution in [3.8, 4) is 6.07 Å². The topological polar surface area (TPSA) is 69.3 Å². The summed E-state index contributed by atoms with van der Waals surface area (Å²) in [7, 11) is 3.89. The van der Waals surface area contributed by atoms with Crippen LogP contribution in [0.1, 0.15) is 27.7 Å². The number of likely N-dealkylation sites (N-methyl/N-ethyl adjacent to an activating group) is 1. The molecule has 0 aliphatic heterocycles. The van der Waals surface area contributed by atoms with Gasteiger partial charge in [-0.05, 0) is 44.4 Å². The largest absolute Gasteiger partial charge is 0.459 e. The van der Waals surface area contributed by atoms with Gasteiger partial charge in [0.05, 0.1) is 17.7 Å². The monoisotopic (exact) mass is 333 g/mol. The van der Waals surface area contributed by atoms with Crippen molar-refractivity contribution in [3.63, 3.8) is 0 Å². The molecule has 0 aliphatic rings. The smallest absolute Gasteiger partial charge is 0.251 e. The highest BCUT2D eigenvalue weighted by molar-refractivity contribution is 5.94. The van der Waals surface area contributed by atoms with Crippen LogP contribution >= 0.6 is 0 Å². The first kappa shape index (κ1) is 16.7. The van der Waals surface area contributed by atoms with Gasteiger partial charge in [-0.1, -0.05) is 24.3 Å². The van der Waals surface area contributed by atoms with Crippen molar-refractivity contribution < 1.29 is 9.21 Å². The van der Waals surface area contributed by atoms with Crippen LogP contribution in [0.4, 0.5) is 0 Å². The third kappa shape index (κ3) is 3.70. The van der Waals surface area contributed by atoms with Crippen LogP contribution in [0, 0.1) is 11.3 Å². The van der Waals surface area contributed by atoms with E-state index < -0.39 is 0 Å². The lowest BCUT2D eigenvalue weighted by Gasteiger charge is -2.22. The lowest BCUT2D eigenvalue weighted by Crippen LogP contribution is -2.34. The number of hydrogen-bond acceptors (Lipinski definition) is 4. The van der Waals surface area contributed by atoms with E-state index in [1.165, 1.54) is 0 Å². The number of carbonyl (C=O) groups excluding carboxylic acids is 1. The van der Waals surface area contributed by atoms with Crippen LogP contribution in [0.15, 0.2) is 59.0 Å². The van der Waals surface area contributed by atoms with Gasteiger partial charge in [0.1, 0.15) is 11.3 Å². The number of benzene rings is 2. The second-order valence-corrected chi connectivity index (χ2v) is 6.07. The summed E-state index contributed by atoms with van der Waals surface area (Å²) in [6, 6.07) is 18.5. The van der Waals surface area contributed by atoms with Crippen molar-refractivity contribution in [1.82, 2.24) is 10.2 Å². The van der Waals surface area contributed by atoms with E-state index in [2.05, 4.69) is 5.32 Å². The van der Waals surface area contributed by atoms with Gasteiger partial charge in [0.15, 0.2) is 0 Å². The molecule has 126 valence electrons. The second kappa shape index (κ2) is 7.20. The predicted octanol–water partition coefficient (Wildman–Crippen LogP) is 3.34. The summed E-state index contributed by atoms with van der Waals surface area (Å²) in [6.45, 7) is 0.405. The normalized spacial score (nSPS) is 12.1. The van der Waals surface area contributed by atoms with Gasteiger partial charge in [0.2, 0.25) is 0 Å². The second-order valence-electron chi connectivity index (χ2n) is 6.07. The molecule has 1 aromatic heterocycles. The zero-order valence-corrected chi connectivity index (χ0v) is 14.2. The Labute approximate surface area is 146 Å². The molecule has 0 fully saturated rings. The molecule has 1 amide bonds. The Morgan fingerprint density at radius 1 is 1.20 bits per heavy atom. The van der Waals surface area contributed by atoms with Crippen LogP contribution in [0.2, 0.25) is 0 Å². The number of para-hydroxylation sites is 1. The zero-order chi connectivity index (χ0) is 17.8. The van der Waals surface area contributed by atoms with Crippen molar-refractivity contribution >= 4 is 16.9 Å². The lowest BCUT2D eigenvalue weighted by atomic mass is 10.1. The van der Waals surface area contributed by atoms with Crippen LogP contribution < -0.4 is 5.32 Å². The molecule has 1 atom stereocenters. The fraction of sp³-hybridized carbons (Fsp3) is 0.200. The van der Waals surface area contributed by atoms with Gasteiger partial charge in [0, 0.05) is 17.5 Å². The number of carbonyl (C=O) groups is 1. The standard InChI is InChI=1S/C20H19N3O2/c1-23(2)17(19-11-15-7-3-4-9-18(15)25-19)13-22-20(24)16-8-5-6-14(10-16)12-21/h3-11,17H,13H2,1-2H3,(H,22,24). The summed E-state index contributed by atoms with van der Waals surface area (Å²) in [4.78, 5) is 14.4. The molecular weight excluding hydrogens is 314 g/mol. The Hall–Kier alpha value is -3.10.